The zero-order valence-electron chi connectivity index (χ0n) is 13.1. The summed E-state index contributed by atoms with van der Waals surface area (Å²) in [5.41, 5.74) is 1.10. The first-order chi connectivity index (χ1) is 11.2. The lowest BCUT2D eigenvalue weighted by atomic mass is 9.91. The highest BCUT2D eigenvalue weighted by Gasteiger charge is 2.59. The Morgan fingerprint density at radius 2 is 2.00 bits per heavy atom. The van der Waals surface area contributed by atoms with Gasteiger partial charge in [0.1, 0.15) is 0 Å². The molecule has 1 spiro atoms. The average Bonchev–Trinajstić information content (AvgIpc) is 3.08. The number of ether oxygens (including phenoxy) is 1. The van der Waals surface area contributed by atoms with Crippen LogP contribution in [0.2, 0.25) is 0 Å². The third kappa shape index (κ3) is 2.36. The quantitative estimate of drug-likeness (QED) is 0.798. The molecule has 2 aromatic rings. The van der Waals surface area contributed by atoms with E-state index in [2.05, 4.69) is 20.4 Å². The van der Waals surface area contributed by atoms with Gasteiger partial charge in [0.25, 0.3) is 0 Å². The highest BCUT2D eigenvalue weighted by molar-refractivity contribution is 5.77. The zero-order chi connectivity index (χ0) is 15.9. The molecule has 23 heavy (non-hydrogen) atoms. The molecule has 7 heteroatoms. The van der Waals surface area contributed by atoms with E-state index in [4.69, 9.17) is 4.74 Å². The van der Waals surface area contributed by atoms with E-state index in [0.717, 1.165) is 44.0 Å². The van der Waals surface area contributed by atoms with Crippen LogP contribution in [0.5, 0.6) is 0 Å². The van der Waals surface area contributed by atoms with Crippen molar-refractivity contribution >= 4 is 11.9 Å². The predicted molar refractivity (Wildman–Crippen MR) is 83.2 cm³/mol. The SMILES string of the molecule is COC(=O)C1CC12CCN(c1nnnn1-c1ccccc1)CC2. The summed E-state index contributed by atoms with van der Waals surface area (Å²) in [5.74, 6) is 0.786. The molecule has 1 atom stereocenters. The summed E-state index contributed by atoms with van der Waals surface area (Å²) in [6.07, 6.45) is 2.92. The van der Waals surface area contributed by atoms with Crippen molar-refractivity contribution in [3.8, 4) is 5.69 Å². The van der Waals surface area contributed by atoms with Gasteiger partial charge < -0.3 is 9.64 Å². The van der Waals surface area contributed by atoms with Crippen molar-refractivity contribution in [1.82, 2.24) is 20.2 Å². The highest BCUT2D eigenvalue weighted by atomic mass is 16.5. The van der Waals surface area contributed by atoms with Crippen LogP contribution >= 0.6 is 0 Å². The van der Waals surface area contributed by atoms with E-state index in [0.29, 0.717) is 0 Å². The molecule has 7 nitrogen and oxygen atoms in total. The van der Waals surface area contributed by atoms with Crippen LogP contribution in [0.3, 0.4) is 0 Å². The van der Waals surface area contributed by atoms with Gasteiger partial charge in [-0.1, -0.05) is 23.3 Å². The molecule has 0 bridgehead atoms. The molecule has 4 rings (SSSR count). The standard InChI is InChI=1S/C16H19N5O2/c1-23-14(22)13-11-16(13)7-9-20(10-8-16)15-17-18-19-21(15)12-5-3-2-4-6-12/h2-6,13H,7-11H2,1H3. The number of hydrogen-bond donors (Lipinski definition) is 0. The first kappa shape index (κ1) is 14.2. The summed E-state index contributed by atoms with van der Waals surface area (Å²) >= 11 is 0. The minimum atomic E-state index is -0.0624. The molecule has 0 radical (unpaired) electrons. The van der Waals surface area contributed by atoms with Gasteiger partial charge in [0.15, 0.2) is 0 Å². The molecule has 2 aliphatic rings. The Labute approximate surface area is 134 Å². The first-order valence-electron chi connectivity index (χ1n) is 7.90. The smallest absolute Gasteiger partial charge is 0.309 e. The minimum absolute atomic E-state index is 0.0624. The Hall–Kier alpha value is -2.44. The maximum absolute atomic E-state index is 11.7. The van der Waals surface area contributed by atoms with Crippen LogP contribution in [0.25, 0.3) is 5.69 Å². The molecule has 1 aliphatic heterocycles. The van der Waals surface area contributed by atoms with Gasteiger partial charge in [-0.2, -0.15) is 4.68 Å². The van der Waals surface area contributed by atoms with E-state index in [1.165, 1.54) is 7.11 Å². The van der Waals surface area contributed by atoms with E-state index >= 15 is 0 Å². The molecule has 0 N–H and O–H groups in total. The number of piperidine rings is 1. The van der Waals surface area contributed by atoms with Gasteiger partial charge in [0.05, 0.1) is 18.7 Å². The van der Waals surface area contributed by atoms with Crippen molar-refractivity contribution in [3.63, 3.8) is 0 Å². The van der Waals surface area contributed by atoms with E-state index in [9.17, 15) is 4.79 Å². The molecule has 1 unspecified atom stereocenters. The van der Waals surface area contributed by atoms with Gasteiger partial charge in [-0.15, -0.1) is 0 Å². The number of tetrazole rings is 1. The number of methoxy groups -OCH3 is 1. The van der Waals surface area contributed by atoms with Gasteiger partial charge in [0, 0.05) is 13.1 Å². The molecule has 1 aromatic heterocycles. The number of aromatic nitrogens is 4. The van der Waals surface area contributed by atoms with Crippen LogP contribution in [-0.4, -0.2) is 46.4 Å². The van der Waals surface area contributed by atoms with Crippen LogP contribution in [0.15, 0.2) is 30.3 Å². The van der Waals surface area contributed by atoms with Crippen LogP contribution in [0.4, 0.5) is 5.95 Å². The van der Waals surface area contributed by atoms with E-state index in [-0.39, 0.29) is 17.3 Å². The summed E-state index contributed by atoms with van der Waals surface area (Å²) in [7, 11) is 1.47. The first-order valence-corrected chi connectivity index (χ1v) is 7.90. The molecule has 1 aromatic carbocycles. The number of carbonyl (C=O) groups excluding carboxylic acids is 1. The largest absolute Gasteiger partial charge is 0.469 e. The maximum atomic E-state index is 11.7. The van der Waals surface area contributed by atoms with Crippen LogP contribution < -0.4 is 4.90 Å². The number of esters is 1. The second-order valence-corrected chi connectivity index (χ2v) is 6.36. The predicted octanol–water partition coefficient (Wildman–Crippen LogP) is 1.44. The Balaban J connectivity index is 1.48. The van der Waals surface area contributed by atoms with Gasteiger partial charge >= 0.3 is 5.97 Å². The Morgan fingerprint density at radius 3 is 2.70 bits per heavy atom. The molecule has 2 heterocycles. The lowest BCUT2D eigenvalue weighted by molar-refractivity contribution is -0.143. The van der Waals surface area contributed by atoms with Crippen LogP contribution in [0, 0.1) is 11.3 Å². The Kier molecular flexibility index (Phi) is 3.28. The van der Waals surface area contributed by atoms with Gasteiger partial charge in [-0.05, 0) is 47.2 Å². The van der Waals surface area contributed by atoms with Crippen molar-refractivity contribution in [2.75, 3.05) is 25.1 Å². The third-order valence-electron chi connectivity index (χ3n) is 5.17. The summed E-state index contributed by atoms with van der Waals surface area (Å²) < 4.78 is 6.66. The topological polar surface area (TPSA) is 73.1 Å². The minimum Gasteiger partial charge on any atom is -0.469 e. The summed E-state index contributed by atoms with van der Waals surface area (Å²) in [6.45, 7) is 1.72. The number of rotatable bonds is 3. The molecule has 0 amide bonds. The fraction of sp³-hybridized carbons (Fsp3) is 0.500. The number of nitrogens with zero attached hydrogens (tertiary/aromatic N) is 5. The molecule has 120 valence electrons. The van der Waals surface area contributed by atoms with Crippen molar-refractivity contribution < 1.29 is 9.53 Å². The van der Waals surface area contributed by atoms with Crippen LogP contribution in [-0.2, 0) is 9.53 Å². The lowest BCUT2D eigenvalue weighted by Crippen LogP contribution is -2.37. The van der Waals surface area contributed by atoms with E-state index in [1.807, 2.05) is 30.3 Å². The molecule has 1 aliphatic carbocycles. The van der Waals surface area contributed by atoms with E-state index in [1.54, 1.807) is 4.68 Å². The van der Waals surface area contributed by atoms with Crippen molar-refractivity contribution in [1.29, 1.82) is 0 Å². The monoisotopic (exact) mass is 313 g/mol. The number of para-hydroxylation sites is 1. The van der Waals surface area contributed by atoms with Gasteiger partial charge in [0.2, 0.25) is 5.95 Å². The van der Waals surface area contributed by atoms with Crippen LogP contribution in [0.1, 0.15) is 19.3 Å². The lowest BCUT2D eigenvalue weighted by Gasteiger charge is -2.32. The Bertz CT molecular complexity index is 706. The molecule has 1 saturated heterocycles. The van der Waals surface area contributed by atoms with E-state index < -0.39 is 0 Å². The molecule has 2 fully saturated rings. The number of hydrogen-bond acceptors (Lipinski definition) is 6. The summed E-state index contributed by atoms with van der Waals surface area (Å²) in [4.78, 5) is 13.9. The number of carbonyl (C=O) groups is 1. The molecular weight excluding hydrogens is 294 g/mol. The fourth-order valence-electron chi connectivity index (χ4n) is 3.64. The molecular formula is C16H19N5O2. The second-order valence-electron chi connectivity index (χ2n) is 6.36. The number of benzene rings is 1. The van der Waals surface area contributed by atoms with Crippen molar-refractivity contribution in [2.24, 2.45) is 11.3 Å². The maximum Gasteiger partial charge on any atom is 0.309 e. The summed E-state index contributed by atoms with van der Waals surface area (Å²) in [5, 5.41) is 12.1. The second kappa shape index (κ2) is 5.33. The van der Waals surface area contributed by atoms with Crippen molar-refractivity contribution in [3.05, 3.63) is 30.3 Å². The van der Waals surface area contributed by atoms with Gasteiger partial charge in [-0.3, -0.25) is 4.79 Å². The number of anilines is 1. The zero-order valence-corrected chi connectivity index (χ0v) is 13.1. The fourth-order valence-corrected chi connectivity index (χ4v) is 3.64. The highest BCUT2D eigenvalue weighted by Crippen LogP contribution is 2.59. The normalized spacial score (nSPS) is 22.1. The average molecular weight is 313 g/mol. The molecule has 1 saturated carbocycles. The third-order valence-corrected chi connectivity index (χ3v) is 5.17. The summed E-state index contributed by atoms with van der Waals surface area (Å²) in [6, 6.07) is 9.88. The van der Waals surface area contributed by atoms with Gasteiger partial charge in [-0.25, -0.2) is 0 Å². The Morgan fingerprint density at radius 1 is 1.26 bits per heavy atom. The van der Waals surface area contributed by atoms with Crippen molar-refractivity contribution in [2.45, 2.75) is 19.3 Å².